The molecule has 0 fully saturated rings. The van der Waals surface area contributed by atoms with Gasteiger partial charge in [0.1, 0.15) is 0 Å². The maximum Gasteiger partial charge on any atom is 0.417 e. The minimum atomic E-state index is -4.46. The second-order valence-electron chi connectivity index (χ2n) is 4.29. The third-order valence-electron chi connectivity index (χ3n) is 2.75. The number of alkyl halides is 3. The van der Waals surface area contributed by atoms with Crippen molar-refractivity contribution in [3.63, 3.8) is 0 Å². The van der Waals surface area contributed by atoms with Crippen molar-refractivity contribution in [2.45, 2.75) is 19.0 Å². The molecule has 108 valence electrons. The summed E-state index contributed by atoms with van der Waals surface area (Å²) >= 11 is 2.88. The summed E-state index contributed by atoms with van der Waals surface area (Å²) < 4.78 is 43.4. The molecule has 1 atom stereocenters. The van der Waals surface area contributed by atoms with Crippen molar-refractivity contribution in [1.82, 2.24) is 10.1 Å². The zero-order valence-corrected chi connectivity index (χ0v) is 12.0. The van der Waals surface area contributed by atoms with Crippen LogP contribution in [0.4, 0.5) is 13.2 Å². The second kappa shape index (κ2) is 5.53. The number of rotatable bonds is 3. The van der Waals surface area contributed by atoms with E-state index in [2.05, 4.69) is 26.1 Å². The fourth-order valence-corrected chi connectivity index (χ4v) is 2.00. The molecule has 1 unspecified atom stereocenters. The average molecular weight is 350 g/mol. The highest BCUT2D eigenvalue weighted by Crippen LogP contribution is 2.37. The SMILES string of the molecule is CC(CN)c1noc(-c2ccc(Br)c(C(F)(F)F)c2)n1. The van der Waals surface area contributed by atoms with Gasteiger partial charge < -0.3 is 10.3 Å². The Morgan fingerprint density at radius 3 is 2.70 bits per heavy atom. The van der Waals surface area contributed by atoms with Crippen molar-refractivity contribution in [3.8, 4) is 11.5 Å². The Bertz CT molecular complexity index is 612. The van der Waals surface area contributed by atoms with E-state index in [9.17, 15) is 13.2 Å². The van der Waals surface area contributed by atoms with Gasteiger partial charge in [-0.3, -0.25) is 0 Å². The molecular formula is C12H11BrF3N3O. The molecule has 2 rings (SSSR count). The van der Waals surface area contributed by atoms with Gasteiger partial charge in [-0.25, -0.2) is 0 Å². The molecule has 0 aliphatic carbocycles. The van der Waals surface area contributed by atoms with Gasteiger partial charge in [0, 0.05) is 22.5 Å². The lowest BCUT2D eigenvalue weighted by molar-refractivity contribution is -0.138. The molecule has 1 aromatic carbocycles. The fourth-order valence-electron chi connectivity index (χ4n) is 1.53. The lowest BCUT2D eigenvalue weighted by Crippen LogP contribution is -2.10. The molecule has 0 amide bonds. The summed E-state index contributed by atoms with van der Waals surface area (Å²) in [7, 11) is 0. The van der Waals surface area contributed by atoms with E-state index >= 15 is 0 Å². The summed E-state index contributed by atoms with van der Waals surface area (Å²) in [5, 5.41) is 3.72. The van der Waals surface area contributed by atoms with Gasteiger partial charge in [-0.1, -0.05) is 28.0 Å². The number of hydrogen-bond donors (Lipinski definition) is 1. The zero-order valence-electron chi connectivity index (χ0n) is 10.4. The first kappa shape index (κ1) is 15.0. The molecular weight excluding hydrogens is 339 g/mol. The van der Waals surface area contributed by atoms with Crippen LogP contribution in [0, 0.1) is 0 Å². The molecule has 2 N–H and O–H groups in total. The Kier molecular flexibility index (Phi) is 4.14. The van der Waals surface area contributed by atoms with Crippen LogP contribution in [0.1, 0.15) is 24.2 Å². The van der Waals surface area contributed by atoms with Crippen LogP contribution in [0.25, 0.3) is 11.5 Å². The topological polar surface area (TPSA) is 64.9 Å². The summed E-state index contributed by atoms with van der Waals surface area (Å²) in [5.74, 6) is 0.294. The van der Waals surface area contributed by atoms with Crippen LogP contribution in [0.15, 0.2) is 27.2 Å². The van der Waals surface area contributed by atoms with Gasteiger partial charge in [0.15, 0.2) is 5.82 Å². The van der Waals surface area contributed by atoms with Gasteiger partial charge in [0.2, 0.25) is 0 Å². The third kappa shape index (κ3) is 3.01. The molecule has 2 aromatic rings. The fraction of sp³-hybridized carbons (Fsp3) is 0.333. The van der Waals surface area contributed by atoms with E-state index in [1.165, 1.54) is 12.1 Å². The summed E-state index contributed by atoms with van der Waals surface area (Å²) in [5.41, 5.74) is 4.90. The molecule has 0 aliphatic rings. The van der Waals surface area contributed by atoms with Crippen molar-refractivity contribution < 1.29 is 17.7 Å². The first-order valence-electron chi connectivity index (χ1n) is 5.73. The Morgan fingerprint density at radius 1 is 1.40 bits per heavy atom. The Morgan fingerprint density at radius 2 is 2.10 bits per heavy atom. The summed E-state index contributed by atoms with van der Waals surface area (Å²) in [4.78, 5) is 4.06. The van der Waals surface area contributed by atoms with Crippen LogP contribution < -0.4 is 5.73 Å². The first-order valence-corrected chi connectivity index (χ1v) is 6.53. The van der Waals surface area contributed by atoms with Crippen LogP contribution in [0.5, 0.6) is 0 Å². The average Bonchev–Trinajstić information content (AvgIpc) is 2.86. The predicted molar refractivity (Wildman–Crippen MR) is 69.9 cm³/mol. The van der Waals surface area contributed by atoms with Crippen molar-refractivity contribution in [2.75, 3.05) is 6.54 Å². The van der Waals surface area contributed by atoms with Crippen LogP contribution in [-0.2, 0) is 6.18 Å². The summed E-state index contributed by atoms with van der Waals surface area (Å²) in [6.45, 7) is 2.13. The molecule has 8 heteroatoms. The quantitative estimate of drug-likeness (QED) is 0.919. The van der Waals surface area contributed by atoms with Gasteiger partial charge in [-0.15, -0.1) is 0 Å². The highest BCUT2D eigenvalue weighted by Gasteiger charge is 2.33. The van der Waals surface area contributed by atoms with Crippen LogP contribution in [-0.4, -0.2) is 16.7 Å². The maximum atomic E-state index is 12.8. The summed E-state index contributed by atoms with van der Waals surface area (Å²) in [6.07, 6.45) is -4.46. The van der Waals surface area contributed by atoms with Crippen molar-refractivity contribution >= 4 is 15.9 Å². The number of benzene rings is 1. The van der Waals surface area contributed by atoms with E-state index in [4.69, 9.17) is 10.3 Å². The van der Waals surface area contributed by atoms with Gasteiger partial charge in [0.05, 0.1) is 5.56 Å². The van der Waals surface area contributed by atoms with E-state index in [-0.39, 0.29) is 21.8 Å². The second-order valence-corrected chi connectivity index (χ2v) is 5.14. The minimum absolute atomic E-state index is 0.0381. The molecule has 0 spiro atoms. The monoisotopic (exact) mass is 349 g/mol. The lowest BCUT2D eigenvalue weighted by Gasteiger charge is -2.09. The number of nitrogens with two attached hydrogens (primary N) is 1. The first-order chi connectivity index (χ1) is 9.32. The van der Waals surface area contributed by atoms with E-state index < -0.39 is 11.7 Å². The molecule has 0 aliphatic heterocycles. The van der Waals surface area contributed by atoms with Gasteiger partial charge >= 0.3 is 6.18 Å². The maximum absolute atomic E-state index is 12.8. The highest BCUT2D eigenvalue weighted by atomic mass is 79.9. The summed E-state index contributed by atoms with van der Waals surface area (Å²) in [6, 6.07) is 3.74. The molecule has 20 heavy (non-hydrogen) atoms. The molecule has 0 saturated carbocycles. The Labute approximate surface area is 121 Å². The van der Waals surface area contributed by atoms with Crippen molar-refractivity contribution in [2.24, 2.45) is 5.73 Å². The van der Waals surface area contributed by atoms with Gasteiger partial charge in [-0.2, -0.15) is 18.2 Å². The van der Waals surface area contributed by atoms with Gasteiger partial charge in [0.25, 0.3) is 5.89 Å². The normalized spacial score (nSPS) is 13.5. The Hall–Kier alpha value is -1.41. The Balaban J connectivity index is 2.41. The molecule has 1 heterocycles. The van der Waals surface area contributed by atoms with E-state index in [1.54, 1.807) is 6.92 Å². The number of halogens is 4. The molecule has 0 bridgehead atoms. The molecule has 1 aromatic heterocycles. The molecule has 0 saturated heterocycles. The van der Waals surface area contributed by atoms with Crippen LogP contribution >= 0.6 is 15.9 Å². The van der Waals surface area contributed by atoms with E-state index in [0.717, 1.165) is 6.07 Å². The van der Waals surface area contributed by atoms with Crippen molar-refractivity contribution in [3.05, 3.63) is 34.1 Å². The molecule has 0 radical (unpaired) electrons. The van der Waals surface area contributed by atoms with Crippen molar-refractivity contribution in [1.29, 1.82) is 0 Å². The third-order valence-corrected chi connectivity index (χ3v) is 3.45. The number of hydrogen-bond acceptors (Lipinski definition) is 4. The van der Waals surface area contributed by atoms with E-state index in [0.29, 0.717) is 12.4 Å². The number of nitrogens with zero attached hydrogens (tertiary/aromatic N) is 2. The highest BCUT2D eigenvalue weighted by molar-refractivity contribution is 9.10. The smallest absolute Gasteiger partial charge is 0.334 e. The largest absolute Gasteiger partial charge is 0.417 e. The van der Waals surface area contributed by atoms with E-state index in [1.807, 2.05) is 0 Å². The van der Waals surface area contributed by atoms with Crippen LogP contribution in [0.3, 0.4) is 0 Å². The van der Waals surface area contributed by atoms with Gasteiger partial charge in [-0.05, 0) is 18.2 Å². The number of aromatic nitrogens is 2. The van der Waals surface area contributed by atoms with Crippen LogP contribution in [0.2, 0.25) is 0 Å². The molecule has 4 nitrogen and oxygen atoms in total. The predicted octanol–water partition coefficient (Wildman–Crippen LogP) is 3.58. The lowest BCUT2D eigenvalue weighted by atomic mass is 10.1. The minimum Gasteiger partial charge on any atom is -0.334 e. The zero-order chi connectivity index (χ0) is 14.9. The standard InChI is InChI=1S/C12H11BrF3N3O/c1-6(5-17)10-18-11(20-19-10)7-2-3-9(13)8(4-7)12(14,15)16/h2-4,6H,5,17H2,1H3.